The number of carbonyl (C=O) groups is 1. The van der Waals surface area contributed by atoms with E-state index < -0.39 is 16.1 Å². The van der Waals surface area contributed by atoms with Crippen molar-refractivity contribution in [2.24, 2.45) is 0 Å². The summed E-state index contributed by atoms with van der Waals surface area (Å²) in [6.07, 6.45) is 0.917. The van der Waals surface area contributed by atoms with Crippen LogP contribution in [0.5, 0.6) is 0 Å². The summed E-state index contributed by atoms with van der Waals surface area (Å²) in [5, 5.41) is 4.03. The second-order valence-corrected chi connectivity index (χ2v) is 7.76. The topological polar surface area (TPSA) is 81.7 Å². The molecule has 0 saturated carbocycles. The van der Waals surface area contributed by atoms with Crippen molar-refractivity contribution in [1.29, 1.82) is 0 Å². The van der Waals surface area contributed by atoms with Gasteiger partial charge in [-0.2, -0.15) is 8.42 Å². The lowest BCUT2D eigenvalue weighted by Crippen LogP contribution is -2.15. The molecule has 0 aliphatic carbocycles. The van der Waals surface area contributed by atoms with Gasteiger partial charge in [0.2, 0.25) is 0 Å². The van der Waals surface area contributed by atoms with Crippen molar-refractivity contribution in [3.05, 3.63) is 58.1 Å². The molecule has 6 nitrogen and oxygen atoms in total. The summed E-state index contributed by atoms with van der Waals surface area (Å²) in [4.78, 5) is 12.0. The van der Waals surface area contributed by atoms with E-state index in [1.54, 1.807) is 36.4 Å². The SMILES string of the molecule is CS(=O)(=O)OCCOC(=O)Cc1ccccc1Nc1c(Cl)cccc1Cl. The van der Waals surface area contributed by atoms with Gasteiger partial charge < -0.3 is 10.1 Å². The average molecular weight is 418 g/mol. The van der Waals surface area contributed by atoms with E-state index in [9.17, 15) is 13.2 Å². The van der Waals surface area contributed by atoms with Crippen LogP contribution in [0.25, 0.3) is 0 Å². The van der Waals surface area contributed by atoms with Crippen LogP contribution in [0.4, 0.5) is 11.4 Å². The molecule has 26 heavy (non-hydrogen) atoms. The van der Waals surface area contributed by atoms with Crippen LogP contribution in [0, 0.1) is 0 Å². The van der Waals surface area contributed by atoms with Gasteiger partial charge in [-0.25, -0.2) is 0 Å². The van der Waals surface area contributed by atoms with E-state index >= 15 is 0 Å². The molecule has 0 aromatic heterocycles. The van der Waals surface area contributed by atoms with Crippen LogP contribution in [0.2, 0.25) is 10.0 Å². The first-order valence-corrected chi connectivity index (χ1v) is 10.1. The number of carbonyl (C=O) groups excluding carboxylic acids is 1. The van der Waals surface area contributed by atoms with Gasteiger partial charge in [0.1, 0.15) is 13.2 Å². The molecule has 0 aliphatic heterocycles. The zero-order chi connectivity index (χ0) is 19.2. The maximum Gasteiger partial charge on any atom is 0.310 e. The molecule has 2 aromatic carbocycles. The number of hydrogen-bond donors (Lipinski definition) is 1. The van der Waals surface area contributed by atoms with Crippen LogP contribution in [0.3, 0.4) is 0 Å². The van der Waals surface area contributed by atoms with Crippen molar-refractivity contribution in [2.45, 2.75) is 6.42 Å². The molecule has 0 heterocycles. The maximum atomic E-state index is 12.0. The van der Waals surface area contributed by atoms with Crippen LogP contribution in [-0.2, 0) is 30.3 Å². The van der Waals surface area contributed by atoms with Gasteiger partial charge in [-0.05, 0) is 23.8 Å². The summed E-state index contributed by atoms with van der Waals surface area (Å²) in [7, 11) is -3.56. The first-order chi connectivity index (χ1) is 12.3. The molecule has 0 saturated heterocycles. The molecule has 0 bridgehead atoms. The van der Waals surface area contributed by atoms with Crippen LogP contribution in [-0.4, -0.2) is 33.9 Å². The Bertz CT molecular complexity index is 866. The number of anilines is 2. The molecule has 140 valence electrons. The van der Waals surface area contributed by atoms with Gasteiger partial charge in [0, 0.05) is 5.69 Å². The zero-order valence-electron chi connectivity index (χ0n) is 13.9. The molecule has 2 rings (SSSR count). The number of para-hydroxylation sites is 2. The van der Waals surface area contributed by atoms with Crippen molar-refractivity contribution in [3.8, 4) is 0 Å². The number of ether oxygens (including phenoxy) is 1. The molecule has 0 atom stereocenters. The van der Waals surface area contributed by atoms with E-state index in [2.05, 4.69) is 9.50 Å². The largest absolute Gasteiger partial charge is 0.463 e. The molecule has 0 fully saturated rings. The lowest BCUT2D eigenvalue weighted by atomic mass is 10.1. The zero-order valence-corrected chi connectivity index (χ0v) is 16.2. The number of benzene rings is 2. The predicted octanol–water partition coefficient (Wildman–Crippen LogP) is 3.80. The van der Waals surface area contributed by atoms with Crippen molar-refractivity contribution < 1.29 is 22.1 Å². The second kappa shape index (κ2) is 9.23. The third-order valence-corrected chi connectivity index (χ3v) is 4.44. The quantitative estimate of drug-likeness (QED) is 0.399. The number of halogens is 2. The Morgan fingerprint density at radius 1 is 1.04 bits per heavy atom. The summed E-state index contributed by atoms with van der Waals surface area (Å²) < 4.78 is 31.2. The Morgan fingerprint density at radius 2 is 1.69 bits per heavy atom. The van der Waals surface area contributed by atoms with Crippen LogP contribution in [0.15, 0.2) is 42.5 Å². The Kier molecular flexibility index (Phi) is 7.28. The monoisotopic (exact) mass is 417 g/mol. The van der Waals surface area contributed by atoms with Crippen LogP contribution < -0.4 is 5.32 Å². The molecule has 1 N–H and O–H groups in total. The fourth-order valence-electron chi connectivity index (χ4n) is 2.10. The molecular formula is C17H17Cl2NO5S. The Balaban J connectivity index is 2.01. The van der Waals surface area contributed by atoms with Gasteiger partial charge in [0.25, 0.3) is 10.1 Å². The number of rotatable bonds is 8. The van der Waals surface area contributed by atoms with E-state index in [-0.39, 0.29) is 19.6 Å². The third-order valence-electron chi connectivity index (χ3n) is 3.22. The minimum atomic E-state index is -3.56. The molecule has 0 amide bonds. The molecule has 0 unspecified atom stereocenters. The molecule has 0 spiro atoms. The Hall–Kier alpha value is -1.80. The Morgan fingerprint density at radius 3 is 2.35 bits per heavy atom. The van der Waals surface area contributed by atoms with Crippen molar-refractivity contribution in [1.82, 2.24) is 0 Å². The highest BCUT2D eigenvalue weighted by Gasteiger charge is 2.12. The maximum absolute atomic E-state index is 12.0. The average Bonchev–Trinajstić information content (AvgIpc) is 2.56. The van der Waals surface area contributed by atoms with Gasteiger partial charge >= 0.3 is 5.97 Å². The van der Waals surface area contributed by atoms with Gasteiger partial charge in [-0.15, -0.1) is 0 Å². The van der Waals surface area contributed by atoms with E-state index in [0.29, 0.717) is 27.0 Å². The summed E-state index contributed by atoms with van der Waals surface area (Å²) in [5.41, 5.74) is 1.88. The number of esters is 1. The summed E-state index contributed by atoms with van der Waals surface area (Å²) in [5.74, 6) is -0.512. The highest BCUT2D eigenvalue weighted by Crippen LogP contribution is 2.33. The number of hydrogen-bond acceptors (Lipinski definition) is 6. The Labute approximate surface area is 162 Å². The molecule has 0 radical (unpaired) electrons. The molecular weight excluding hydrogens is 401 g/mol. The van der Waals surface area contributed by atoms with Gasteiger partial charge in [-0.3, -0.25) is 8.98 Å². The summed E-state index contributed by atoms with van der Waals surface area (Å²) in [6.45, 7) is -0.377. The van der Waals surface area contributed by atoms with E-state index in [4.69, 9.17) is 27.9 Å². The first-order valence-electron chi connectivity index (χ1n) is 7.55. The van der Waals surface area contributed by atoms with Crippen molar-refractivity contribution in [3.63, 3.8) is 0 Å². The van der Waals surface area contributed by atoms with E-state index in [0.717, 1.165) is 6.26 Å². The molecule has 0 aliphatic rings. The van der Waals surface area contributed by atoms with Crippen molar-refractivity contribution >= 4 is 50.7 Å². The molecule has 9 heteroatoms. The first kappa shape index (κ1) is 20.5. The highest BCUT2D eigenvalue weighted by atomic mass is 35.5. The summed E-state index contributed by atoms with van der Waals surface area (Å²) in [6, 6.07) is 12.3. The minimum Gasteiger partial charge on any atom is -0.463 e. The van der Waals surface area contributed by atoms with Crippen LogP contribution in [0.1, 0.15) is 5.56 Å². The summed E-state index contributed by atoms with van der Waals surface area (Å²) >= 11 is 12.3. The minimum absolute atomic E-state index is 0.00980. The van der Waals surface area contributed by atoms with Gasteiger partial charge in [-0.1, -0.05) is 47.5 Å². The smallest absolute Gasteiger partial charge is 0.310 e. The van der Waals surface area contributed by atoms with Gasteiger partial charge in [0.15, 0.2) is 0 Å². The van der Waals surface area contributed by atoms with Crippen LogP contribution >= 0.6 is 23.2 Å². The predicted molar refractivity (Wildman–Crippen MR) is 102 cm³/mol. The fraction of sp³-hybridized carbons (Fsp3) is 0.235. The van der Waals surface area contributed by atoms with E-state index in [1.807, 2.05) is 6.07 Å². The third kappa shape index (κ3) is 6.49. The fourth-order valence-corrected chi connectivity index (χ4v) is 2.96. The lowest BCUT2D eigenvalue weighted by molar-refractivity contribution is -0.143. The normalized spacial score (nSPS) is 11.2. The van der Waals surface area contributed by atoms with Crippen molar-refractivity contribution in [2.75, 3.05) is 24.8 Å². The highest BCUT2D eigenvalue weighted by molar-refractivity contribution is 7.85. The molecule has 2 aromatic rings. The lowest BCUT2D eigenvalue weighted by Gasteiger charge is -2.14. The van der Waals surface area contributed by atoms with Gasteiger partial charge in [0.05, 0.1) is 28.4 Å². The second-order valence-electron chi connectivity index (χ2n) is 5.30. The van der Waals surface area contributed by atoms with E-state index in [1.165, 1.54) is 0 Å². The standard InChI is InChI=1S/C17H17Cl2NO5S/c1-26(22,23)25-10-9-24-16(21)11-12-5-2-3-8-15(12)20-17-13(18)6-4-7-14(17)19/h2-8,20H,9-11H2,1H3. The number of nitrogens with one attached hydrogen (secondary N) is 1.